The fourth-order valence-electron chi connectivity index (χ4n) is 2.75. The summed E-state index contributed by atoms with van der Waals surface area (Å²) in [4.78, 5) is 10.3. The van der Waals surface area contributed by atoms with Crippen molar-refractivity contribution >= 4 is 6.41 Å². The van der Waals surface area contributed by atoms with E-state index in [9.17, 15) is 9.90 Å². The molecule has 3 N–H and O–H groups in total. The maximum atomic E-state index is 10.3. The molecule has 1 aliphatic rings. The van der Waals surface area contributed by atoms with Gasteiger partial charge in [-0.05, 0) is 0 Å². The van der Waals surface area contributed by atoms with Gasteiger partial charge in [0.25, 0.3) is 0 Å². The SMILES string of the molecule is CC(C)(C)Cc1ccc2c(c1)C(NCC(O)[I-]NC=O)CCO2. The number of hydrogen-bond donors (Lipinski definition) is 3. The van der Waals surface area contributed by atoms with Crippen molar-refractivity contribution < 1.29 is 36.1 Å². The molecular formula is C17H26IN2O3-. The van der Waals surface area contributed by atoms with Crippen molar-refractivity contribution in [1.82, 2.24) is 8.85 Å². The second-order valence-electron chi connectivity index (χ2n) is 6.98. The predicted octanol–water partition coefficient (Wildman–Crippen LogP) is -1.24. The van der Waals surface area contributed by atoms with Gasteiger partial charge in [-0.15, -0.1) is 0 Å². The predicted molar refractivity (Wildman–Crippen MR) is 85.7 cm³/mol. The van der Waals surface area contributed by atoms with E-state index in [-0.39, 0.29) is 11.5 Å². The number of aliphatic hydroxyl groups excluding tert-OH is 1. The number of hydrogen-bond acceptors (Lipinski definition) is 4. The van der Waals surface area contributed by atoms with Crippen LogP contribution in [0.15, 0.2) is 18.2 Å². The molecular weight excluding hydrogens is 407 g/mol. The molecule has 1 amide bonds. The van der Waals surface area contributed by atoms with E-state index >= 15 is 0 Å². The van der Waals surface area contributed by atoms with E-state index in [2.05, 4.69) is 47.8 Å². The third-order valence-corrected chi connectivity index (χ3v) is 5.39. The second kappa shape index (κ2) is 8.30. The van der Waals surface area contributed by atoms with Crippen LogP contribution in [0.1, 0.15) is 44.4 Å². The van der Waals surface area contributed by atoms with E-state index in [1.807, 2.05) is 0 Å². The Morgan fingerprint density at radius 3 is 2.96 bits per heavy atom. The molecule has 0 saturated carbocycles. The summed E-state index contributed by atoms with van der Waals surface area (Å²) in [6.07, 6.45) is 2.56. The quantitative estimate of drug-likeness (QED) is 0.218. The van der Waals surface area contributed by atoms with Crippen LogP contribution >= 0.6 is 0 Å². The zero-order valence-corrected chi connectivity index (χ0v) is 16.1. The fourth-order valence-corrected chi connectivity index (χ4v) is 3.79. The molecule has 0 radical (unpaired) electrons. The van der Waals surface area contributed by atoms with Crippen LogP contribution in [0.4, 0.5) is 0 Å². The van der Waals surface area contributed by atoms with Crippen LogP contribution < -0.4 is 35.1 Å². The molecule has 2 unspecified atom stereocenters. The minimum atomic E-state index is -0.717. The van der Waals surface area contributed by atoms with Gasteiger partial charge in [-0.2, -0.15) is 0 Å². The zero-order chi connectivity index (χ0) is 16.9. The molecule has 0 spiro atoms. The third-order valence-electron chi connectivity index (χ3n) is 3.61. The number of nitrogens with one attached hydrogen (secondary N) is 2. The Morgan fingerprint density at radius 2 is 2.26 bits per heavy atom. The van der Waals surface area contributed by atoms with Gasteiger partial charge in [0.1, 0.15) is 0 Å². The first-order valence-electron chi connectivity index (χ1n) is 7.88. The summed E-state index contributed by atoms with van der Waals surface area (Å²) >= 11 is -0.717. The van der Waals surface area contributed by atoms with Crippen LogP contribution in [0.5, 0.6) is 5.75 Å². The molecule has 23 heavy (non-hydrogen) atoms. The van der Waals surface area contributed by atoms with Crippen LogP contribution in [0.25, 0.3) is 0 Å². The first kappa shape index (κ1) is 18.5. The van der Waals surface area contributed by atoms with Crippen molar-refractivity contribution in [3.8, 4) is 5.75 Å². The van der Waals surface area contributed by atoms with E-state index in [0.717, 1.165) is 18.6 Å². The van der Waals surface area contributed by atoms with E-state index in [0.29, 0.717) is 19.6 Å². The molecule has 0 saturated heterocycles. The van der Waals surface area contributed by atoms with Crippen molar-refractivity contribution in [3.05, 3.63) is 29.3 Å². The fraction of sp³-hybridized carbons (Fsp3) is 0.588. The van der Waals surface area contributed by atoms with Crippen LogP contribution in [-0.4, -0.2) is 28.8 Å². The van der Waals surface area contributed by atoms with Gasteiger partial charge in [0.05, 0.1) is 0 Å². The Bertz CT molecular complexity index is 531. The summed E-state index contributed by atoms with van der Waals surface area (Å²) in [5.41, 5.74) is 2.73. The summed E-state index contributed by atoms with van der Waals surface area (Å²) in [6.45, 7) is 7.87. The van der Waals surface area contributed by atoms with E-state index in [1.165, 1.54) is 11.1 Å². The Morgan fingerprint density at radius 1 is 1.48 bits per heavy atom. The summed E-state index contributed by atoms with van der Waals surface area (Å²) in [6, 6.07) is 6.61. The average molecular weight is 433 g/mol. The van der Waals surface area contributed by atoms with E-state index in [1.54, 1.807) is 0 Å². The molecule has 1 heterocycles. The van der Waals surface area contributed by atoms with Crippen molar-refractivity contribution in [1.29, 1.82) is 0 Å². The molecule has 1 aromatic rings. The summed E-state index contributed by atoms with van der Waals surface area (Å²) in [5.74, 6) is 0.932. The number of carbonyl (C=O) groups is 1. The van der Waals surface area contributed by atoms with Gasteiger partial charge in [0.15, 0.2) is 0 Å². The molecule has 1 aliphatic heterocycles. The maximum absolute atomic E-state index is 10.3. The number of halogens is 1. The first-order valence-corrected chi connectivity index (χ1v) is 10.2. The number of carbonyl (C=O) groups excluding carboxylic acids is 1. The van der Waals surface area contributed by atoms with Crippen LogP contribution in [-0.2, 0) is 11.2 Å². The third kappa shape index (κ3) is 5.93. The first-order chi connectivity index (χ1) is 10.9. The Labute approximate surface area is 148 Å². The molecule has 2 atom stereocenters. The van der Waals surface area contributed by atoms with Crippen LogP contribution in [0.2, 0.25) is 0 Å². The number of benzene rings is 1. The summed E-state index contributed by atoms with van der Waals surface area (Å²) < 4.78 is 7.88. The number of fused-ring (bicyclic) bond motifs is 1. The number of amides is 1. The molecule has 2 rings (SSSR count). The average Bonchev–Trinajstić information content (AvgIpc) is 2.49. The monoisotopic (exact) mass is 433 g/mol. The summed E-state index contributed by atoms with van der Waals surface area (Å²) in [5, 5.41) is 13.3. The number of rotatable bonds is 7. The number of ether oxygens (including phenoxy) is 1. The minimum absolute atomic E-state index is 0.188. The molecule has 1 aromatic carbocycles. The zero-order valence-electron chi connectivity index (χ0n) is 13.9. The molecule has 5 nitrogen and oxygen atoms in total. The van der Waals surface area contributed by atoms with Crippen molar-refractivity contribution in [2.75, 3.05) is 13.2 Å². The standard InChI is InChI=1S/C17H26IN2O3/c1-17(2,3)9-12-4-5-15-13(8-12)14(6-7-23-15)19-10-16(22)18-20-11-21/h4-5,8,11,14,16,19,22H,6-7,9-10H2,1-3H3,(H,20,21)/q-1. The molecule has 0 bridgehead atoms. The molecule has 0 aromatic heterocycles. The van der Waals surface area contributed by atoms with Gasteiger partial charge in [-0.25, -0.2) is 0 Å². The Balaban J connectivity index is 2.04. The normalized spacial score (nSPS) is 18.9. The van der Waals surface area contributed by atoms with E-state index in [4.69, 9.17) is 4.74 Å². The van der Waals surface area contributed by atoms with Crippen molar-refractivity contribution in [2.24, 2.45) is 5.41 Å². The topological polar surface area (TPSA) is 70.6 Å². The van der Waals surface area contributed by atoms with Gasteiger partial charge in [-0.3, -0.25) is 0 Å². The molecule has 130 valence electrons. The number of aliphatic hydroxyl groups is 1. The van der Waals surface area contributed by atoms with Gasteiger partial charge in [0.2, 0.25) is 0 Å². The van der Waals surface area contributed by atoms with Crippen molar-refractivity contribution in [2.45, 2.75) is 43.8 Å². The Hall–Kier alpha value is -0.860. The molecule has 0 fully saturated rings. The molecule has 6 heteroatoms. The van der Waals surface area contributed by atoms with Gasteiger partial charge in [0, 0.05) is 0 Å². The van der Waals surface area contributed by atoms with Crippen molar-refractivity contribution in [3.63, 3.8) is 0 Å². The number of alkyl halides is 1. The van der Waals surface area contributed by atoms with Crippen LogP contribution in [0.3, 0.4) is 0 Å². The Kier molecular flexibility index (Phi) is 6.67. The second-order valence-corrected chi connectivity index (χ2v) is 9.66. The molecule has 0 aliphatic carbocycles. The van der Waals surface area contributed by atoms with Crippen LogP contribution in [0, 0.1) is 5.41 Å². The van der Waals surface area contributed by atoms with Gasteiger partial charge in [-0.1, -0.05) is 0 Å². The summed E-state index contributed by atoms with van der Waals surface area (Å²) in [7, 11) is 0. The van der Waals surface area contributed by atoms with Gasteiger partial charge >= 0.3 is 149 Å². The van der Waals surface area contributed by atoms with E-state index < -0.39 is 25.6 Å². The van der Waals surface area contributed by atoms with Gasteiger partial charge < -0.3 is 0 Å².